The molecule has 1 fully saturated rings. The van der Waals surface area contributed by atoms with Crippen LogP contribution in [0.3, 0.4) is 0 Å². The standard InChI is InChI=1S/C11H20N2O2/c1-3-4-7-13(2)11(15)9-5-6-10(14)12-8-9/h9H,3-8H2,1-2H3,(H,12,14). The highest BCUT2D eigenvalue weighted by atomic mass is 16.2. The fraction of sp³-hybridized carbons (Fsp3) is 0.818. The van der Waals surface area contributed by atoms with Gasteiger partial charge in [0.2, 0.25) is 11.8 Å². The first kappa shape index (κ1) is 12.0. The summed E-state index contributed by atoms with van der Waals surface area (Å²) in [6, 6.07) is 0. The quantitative estimate of drug-likeness (QED) is 0.748. The minimum atomic E-state index is -0.00967. The van der Waals surface area contributed by atoms with Crippen LogP contribution < -0.4 is 5.32 Å². The van der Waals surface area contributed by atoms with E-state index in [0.29, 0.717) is 19.4 Å². The second-order valence-electron chi connectivity index (χ2n) is 4.15. The zero-order valence-electron chi connectivity index (χ0n) is 9.58. The van der Waals surface area contributed by atoms with Gasteiger partial charge in [-0.1, -0.05) is 13.3 Å². The van der Waals surface area contributed by atoms with Crippen LogP contribution in [-0.2, 0) is 9.59 Å². The van der Waals surface area contributed by atoms with Crippen LogP contribution in [-0.4, -0.2) is 36.9 Å². The Hall–Kier alpha value is -1.06. The van der Waals surface area contributed by atoms with Gasteiger partial charge in [0.1, 0.15) is 0 Å². The Kier molecular flexibility index (Phi) is 4.59. The van der Waals surface area contributed by atoms with Crippen LogP contribution in [0, 0.1) is 5.92 Å². The van der Waals surface area contributed by atoms with Crippen molar-refractivity contribution in [2.75, 3.05) is 20.1 Å². The summed E-state index contributed by atoms with van der Waals surface area (Å²) >= 11 is 0. The van der Waals surface area contributed by atoms with E-state index in [1.54, 1.807) is 4.90 Å². The van der Waals surface area contributed by atoms with Gasteiger partial charge in [-0.3, -0.25) is 9.59 Å². The number of hydrogen-bond acceptors (Lipinski definition) is 2. The number of hydrogen-bond donors (Lipinski definition) is 1. The normalized spacial score (nSPS) is 20.9. The van der Waals surface area contributed by atoms with E-state index < -0.39 is 0 Å². The maximum Gasteiger partial charge on any atom is 0.227 e. The Morgan fingerprint density at radius 3 is 2.87 bits per heavy atom. The molecule has 0 aromatic carbocycles. The molecule has 1 saturated heterocycles. The van der Waals surface area contributed by atoms with Gasteiger partial charge in [0.15, 0.2) is 0 Å². The summed E-state index contributed by atoms with van der Waals surface area (Å²) in [6.07, 6.45) is 3.32. The smallest absolute Gasteiger partial charge is 0.227 e. The van der Waals surface area contributed by atoms with Gasteiger partial charge < -0.3 is 10.2 Å². The molecule has 0 spiro atoms. The first-order valence-electron chi connectivity index (χ1n) is 5.66. The molecule has 4 nitrogen and oxygen atoms in total. The Balaban J connectivity index is 2.35. The van der Waals surface area contributed by atoms with Gasteiger partial charge in [0.05, 0.1) is 5.92 Å². The van der Waals surface area contributed by atoms with Gasteiger partial charge in [-0.15, -0.1) is 0 Å². The van der Waals surface area contributed by atoms with Crippen molar-refractivity contribution in [1.29, 1.82) is 0 Å². The van der Waals surface area contributed by atoms with E-state index in [1.165, 1.54) is 0 Å². The molecule has 0 aliphatic carbocycles. The zero-order chi connectivity index (χ0) is 11.3. The highest BCUT2D eigenvalue weighted by Gasteiger charge is 2.26. The van der Waals surface area contributed by atoms with Crippen molar-refractivity contribution < 1.29 is 9.59 Å². The Labute approximate surface area is 91.0 Å². The number of carbonyl (C=O) groups excluding carboxylic acids is 2. The van der Waals surface area contributed by atoms with Crippen molar-refractivity contribution in [2.45, 2.75) is 32.6 Å². The first-order valence-corrected chi connectivity index (χ1v) is 5.66. The highest BCUT2D eigenvalue weighted by molar-refractivity contribution is 5.83. The fourth-order valence-electron chi connectivity index (χ4n) is 1.76. The summed E-state index contributed by atoms with van der Waals surface area (Å²) < 4.78 is 0. The summed E-state index contributed by atoms with van der Waals surface area (Å²) in [6.45, 7) is 3.44. The van der Waals surface area contributed by atoms with E-state index in [4.69, 9.17) is 0 Å². The molecule has 0 radical (unpaired) electrons. The topological polar surface area (TPSA) is 49.4 Å². The minimum absolute atomic E-state index is 0.00967. The van der Waals surface area contributed by atoms with Gasteiger partial charge >= 0.3 is 0 Å². The Morgan fingerprint density at radius 2 is 2.33 bits per heavy atom. The lowest BCUT2D eigenvalue weighted by Crippen LogP contribution is -2.43. The highest BCUT2D eigenvalue weighted by Crippen LogP contribution is 2.13. The molecule has 0 aromatic heterocycles. The molecule has 0 bridgehead atoms. The van der Waals surface area contributed by atoms with Crippen LogP contribution in [0.2, 0.25) is 0 Å². The molecular formula is C11H20N2O2. The van der Waals surface area contributed by atoms with Crippen LogP contribution in [0.1, 0.15) is 32.6 Å². The molecule has 86 valence electrons. The van der Waals surface area contributed by atoms with E-state index in [1.807, 2.05) is 7.05 Å². The van der Waals surface area contributed by atoms with Crippen LogP contribution in [0.25, 0.3) is 0 Å². The molecule has 4 heteroatoms. The minimum Gasteiger partial charge on any atom is -0.355 e. The summed E-state index contributed by atoms with van der Waals surface area (Å²) in [4.78, 5) is 24.6. The van der Waals surface area contributed by atoms with E-state index in [2.05, 4.69) is 12.2 Å². The number of carbonyl (C=O) groups is 2. The first-order chi connectivity index (χ1) is 7.15. The van der Waals surface area contributed by atoms with Crippen LogP contribution in [0.4, 0.5) is 0 Å². The monoisotopic (exact) mass is 212 g/mol. The molecule has 15 heavy (non-hydrogen) atoms. The molecule has 1 rings (SSSR count). The number of rotatable bonds is 4. The van der Waals surface area contributed by atoms with Gasteiger partial charge in [-0.2, -0.15) is 0 Å². The van der Waals surface area contributed by atoms with E-state index >= 15 is 0 Å². The van der Waals surface area contributed by atoms with Gasteiger partial charge in [0, 0.05) is 26.6 Å². The van der Waals surface area contributed by atoms with Crippen molar-refractivity contribution in [3.05, 3.63) is 0 Å². The second kappa shape index (κ2) is 5.73. The third-order valence-electron chi connectivity index (χ3n) is 2.84. The number of nitrogens with zero attached hydrogens (tertiary/aromatic N) is 1. The summed E-state index contributed by atoms with van der Waals surface area (Å²) in [7, 11) is 1.84. The molecule has 1 heterocycles. The average Bonchev–Trinajstić information content (AvgIpc) is 2.26. The Bertz CT molecular complexity index is 231. The number of piperidine rings is 1. The van der Waals surface area contributed by atoms with Crippen molar-refractivity contribution in [2.24, 2.45) is 5.92 Å². The number of nitrogens with one attached hydrogen (secondary N) is 1. The molecule has 2 amide bonds. The summed E-state index contributed by atoms with van der Waals surface area (Å²) in [5.41, 5.74) is 0. The largest absolute Gasteiger partial charge is 0.355 e. The second-order valence-corrected chi connectivity index (χ2v) is 4.15. The predicted octanol–water partition coefficient (Wildman–Crippen LogP) is 0.771. The molecule has 1 aliphatic rings. The van der Waals surface area contributed by atoms with E-state index in [0.717, 1.165) is 19.4 Å². The Morgan fingerprint density at radius 1 is 1.60 bits per heavy atom. The average molecular weight is 212 g/mol. The molecule has 1 atom stereocenters. The van der Waals surface area contributed by atoms with Crippen LogP contribution in [0.5, 0.6) is 0 Å². The lowest BCUT2D eigenvalue weighted by molar-refractivity contribution is -0.136. The maximum absolute atomic E-state index is 11.9. The third kappa shape index (κ3) is 3.53. The lowest BCUT2D eigenvalue weighted by Gasteiger charge is -2.26. The van der Waals surface area contributed by atoms with E-state index in [-0.39, 0.29) is 17.7 Å². The molecule has 0 aromatic rings. The molecular weight excluding hydrogens is 192 g/mol. The number of amides is 2. The zero-order valence-corrected chi connectivity index (χ0v) is 9.58. The van der Waals surface area contributed by atoms with Crippen LogP contribution >= 0.6 is 0 Å². The third-order valence-corrected chi connectivity index (χ3v) is 2.84. The van der Waals surface area contributed by atoms with Gasteiger partial charge in [-0.25, -0.2) is 0 Å². The lowest BCUT2D eigenvalue weighted by atomic mass is 9.98. The summed E-state index contributed by atoms with van der Waals surface area (Å²) in [5, 5.41) is 2.74. The van der Waals surface area contributed by atoms with Crippen molar-refractivity contribution in [3.8, 4) is 0 Å². The van der Waals surface area contributed by atoms with Gasteiger partial charge in [-0.05, 0) is 12.8 Å². The van der Waals surface area contributed by atoms with Crippen molar-refractivity contribution in [1.82, 2.24) is 10.2 Å². The molecule has 1 N–H and O–H groups in total. The fourth-order valence-corrected chi connectivity index (χ4v) is 1.76. The molecule has 1 aliphatic heterocycles. The van der Waals surface area contributed by atoms with Crippen molar-refractivity contribution in [3.63, 3.8) is 0 Å². The van der Waals surface area contributed by atoms with Gasteiger partial charge in [0.25, 0.3) is 0 Å². The summed E-state index contributed by atoms with van der Waals surface area (Å²) in [5.74, 6) is 0.225. The van der Waals surface area contributed by atoms with Crippen LogP contribution in [0.15, 0.2) is 0 Å². The predicted molar refractivity (Wildman–Crippen MR) is 58.3 cm³/mol. The van der Waals surface area contributed by atoms with Crippen molar-refractivity contribution >= 4 is 11.8 Å². The SMILES string of the molecule is CCCCN(C)C(=O)C1CCC(=O)NC1. The molecule has 1 unspecified atom stereocenters. The molecule has 0 saturated carbocycles. The number of unbranched alkanes of at least 4 members (excludes halogenated alkanes) is 1. The van der Waals surface area contributed by atoms with E-state index in [9.17, 15) is 9.59 Å². The maximum atomic E-state index is 11.9.